The molecule has 0 spiro atoms. The van der Waals surface area contributed by atoms with Gasteiger partial charge in [0, 0.05) is 21.4 Å². The van der Waals surface area contributed by atoms with Crippen LogP contribution in [0.4, 0.5) is 0 Å². The van der Waals surface area contributed by atoms with Gasteiger partial charge in [-0.1, -0.05) is 6.07 Å². The number of benzene rings is 2. The summed E-state index contributed by atoms with van der Waals surface area (Å²) in [6, 6.07) is 9.64. The van der Waals surface area contributed by atoms with E-state index in [0.717, 1.165) is 33.0 Å². The normalized spacial score (nSPS) is 10.5. The number of aromatic nitrogens is 1. The fourth-order valence-electron chi connectivity index (χ4n) is 2.73. The van der Waals surface area contributed by atoms with Crippen molar-refractivity contribution in [3.05, 3.63) is 35.7 Å². The maximum Gasteiger partial charge on any atom is 0.203 e. The van der Waals surface area contributed by atoms with Crippen LogP contribution in [0.2, 0.25) is 0 Å². The molecule has 3 rings (SSSR count). The lowest BCUT2D eigenvalue weighted by molar-refractivity contribution is 0.324. The lowest BCUT2D eigenvalue weighted by Gasteiger charge is -2.14. The number of thiol groups is 1. The number of nitrogens with zero attached hydrogens (tertiary/aromatic N) is 1. The van der Waals surface area contributed by atoms with Crippen molar-refractivity contribution in [3.8, 4) is 45.4 Å². The number of rotatable bonds is 6. The molecule has 136 valence electrons. The topological polar surface area (TPSA) is 49.8 Å². The minimum absolute atomic E-state index is 0.553. The summed E-state index contributed by atoms with van der Waals surface area (Å²) in [5, 5.41) is 2.01. The summed E-state index contributed by atoms with van der Waals surface area (Å²) in [5.74, 6) is 2.46. The van der Waals surface area contributed by atoms with Crippen LogP contribution in [0.15, 0.2) is 40.6 Å². The van der Waals surface area contributed by atoms with E-state index in [9.17, 15) is 0 Å². The van der Waals surface area contributed by atoms with Gasteiger partial charge in [-0.15, -0.1) is 12.6 Å². The monoisotopic (exact) mass is 389 g/mol. The van der Waals surface area contributed by atoms with Crippen molar-refractivity contribution in [2.75, 3.05) is 28.4 Å². The molecule has 2 aromatic carbocycles. The van der Waals surface area contributed by atoms with Crippen LogP contribution in [-0.2, 0) is 0 Å². The van der Waals surface area contributed by atoms with E-state index < -0.39 is 0 Å². The Morgan fingerprint density at radius 1 is 0.808 bits per heavy atom. The van der Waals surface area contributed by atoms with Gasteiger partial charge < -0.3 is 18.9 Å². The largest absolute Gasteiger partial charge is 0.496 e. The second-order valence-corrected chi connectivity index (χ2v) is 6.49. The Balaban J connectivity index is 2.13. The molecule has 5 nitrogen and oxygen atoms in total. The molecule has 0 saturated heterocycles. The van der Waals surface area contributed by atoms with Crippen LogP contribution in [0.5, 0.6) is 23.0 Å². The Kier molecular flexibility index (Phi) is 5.58. The molecule has 0 unspecified atom stereocenters. The predicted molar refractivity (Wildman–Crippen MR) is 106 cm³/mol. The highest BCUT2D eigenvalue weighted by Gasteiger charge is 2.18. The zero-order chi connectivity index (χ0) is 18.7. The first-order valence-corrected chi connectivity index (χ1v) is 9.03. The molecule has 7 heteroatoms. The second kappa shape index (κ2) is 7.88. The minimum atomic E-state index is 0.553. The van der Waals surface area contributed by atoms with Gasteiger partial charge in [-0.05, 0) is 41.4 Å². The van der Waals surface area contributed by atoms with Crippen molar-refractivity contribution in [3.63, 3.8) is 0 Å². The fourth-order valence-corrected chi connectivity index (χ4v) is 3.74. The third-order valence-electron chi connectivity index (χ3n) is 4.00. The first kappa shape index (κ1) is 18.4. The van der Waals surface area contributed by atoms with Crippen LogP contribution in [0, 0.1) is 0 Å². The highest BCUT2D eigenvalue weighted by molar-refractivity contribution is 7.80. The number of methoxy groups -OCH3 is 4. The lowest BCUT2D eigenvalue weighted by Crippen LogP contribution is -1.96. The van der Waals surface area contributed by atoms with Gasteiger partial charge in [0.15, 0.2) is 11.5 Å². The molecule has 26 heavy (non-hydrogen) atoms. The maximum atomic E-state index is 5.45. The molecule has 0 aliphatic rings. The summed E-state index contributed by atoms with van der Waals surface area (Å²) < 4.78 is 26.2. The standard InChI is InChI=1S/C19H19NO4S2/c1-21-14-6-5-11(9-17(14)25)13-10-26-20-18(13)12-7-15(22-2)19(24-4)16(8-12)23-3/h5-10,25H,1-4H3. The third-order valence-corrected chi connectivity index (χ3v) is 4.98. The van der Waals surface area contributed by atoms with Gasteiger partial charge >= 0.3 is 0 Å². The molecule has 1 heterocycles. The minimum Gasteiger partial charge on any atom is -0.496 e. The van der Waals surface area contributed by atoms with Crippen molar-refractivity contribution in [2.24, 2.45) is 0 Å². The molecule has 3 aromatic rings. The predicted octanol–water partition coefficient (Wildman–Crippen LogP) is 4.80. The Morgan fingerprint density at radius 3 is 2.00 bits per heavy atom. The fraction of sp³-hybridized carbons (Fsp3) is 0.211. The quantitative estimate of drug-likeness (QED) is 0.614. The average Bonchev–Trinajstić information content (AvgIpc) is 3.16. The summed E-state index contributed by atoms with van der Waals surface area (Å²) in [6.07, 6.45) is 0. The lowest BCUT2D eigenvalue weighted by atomic mass is 10.0. The summed E-state index contributed by atoms with van der Waals surface area (Å²) in [6.45, 7) is 0. The van der Waals surface area contributed by atoms with Crippen LogP contribution in [0.25, 0.3) is 22.4 Å². The van der Waals surface area contributed by atoms with E-state index in [1.54, 1.807) is 28.4 Å². The van der Waals surface area contributed by atoms with Gasteiger partial charge in [-0.3, -0.25) is 0 Å². The van der Waals surface area contributed by atoms with Gasteiger partial charge in [-0.25, -0.2) is 0 Å². The molecule has 0 saturated carbocycles. The van der Waals surface area contributed by atoms with Crippen molar-refractivity contribution in [1.29, 1.82) is 0 Å². The van der Waals surface area contributed by atoms with E-state index in [-0.39, 0.29) is 0 Å². The van der Waals surface area contributed by atoms with Crippen molar-refractivity contribution in [2.45, 2.75) is 4.90 Å². The molecule has 0 amide bonds. The number of hydrogen-bond donors (Lipinski definition) is 1. The SMILES string of the molecule is COc1ccc(-c2csnc2-c2cc(OC)c(OC)c(OC)c2)cc1S. The van der Waals surface area contributed by atoms with E-state index in [2.05, 4.69) is 17.0 Å². The van der Waals surface area contributed by atoms with Crippen LogP contribution in [0.1, 0.15) is 0 Å². The average molecular weight is 389 g/mol. The molecule has 0 radical (unpaired) electrons. The van der Waals surface area contributed by atoms with Gasteiger partial charge in [0.05, 0.1) is 34.1 Å². The highest BCUT2D eigenvalue weighted by Crippen LogP contribution is 2.43. The van der Waals surface area contributed by atoms with Crippen molar-refractivity contribution < 1.29 is 18.9 Å². The van der Waals surface area contributed by atoms with Gasteiger partial charge in [0.1, 0.15) is 5.75 Å². The molecule has 1 aromatic heterocycles. The Labute approximate surface area is 162 Å². The smallest absolute Gasteiger partial charge is 0.203 e. The molecule has 0 aliphatic heterocycles. The molecule has 0 atom stereocenters. The third kappa shape index (κ3) is 3.32. The van der Waals surface area contributed by atoms with E-state index >= 15 is 0 Å². The van der Waals surface area contributed by atoms with Crippen LogP contribution in [-0.4, -0.2) is 32.8 Å². The zero-order valence-electron chi connectivity index (χ0n) is 14.9. The summed E-state index contributed by atoms with van der Waals surface area (Å²) in [5.41, 5.74) is 3.73. The molecule has 0 aliphatic carbocycles. The van der Waals surface area contributed by atoms with Gasteiger partial charge in [0.25, 0.3) is 0 Å². The molecule has 0 bridgehead atoms. The summed E-state index contributed by atoms with van der Waals surface area (Å²) in [4.78, 5) is 0.770. The van der Waals surface area contributed by atoms with E-state index in [0.29, 0.717) is 17.2 Å². The highest BCUT2D eigenvalue weighted by atomic mass is 32.1. The Morgan fingerprint density at radius 2 is 1.46 bits per heavy atom. The van der Waals surface area contributed by atoms with Crippen molar-refractivity contribution >= 4 is 24.2 Å². The number of ether oxygens (including phenoxy) is 4. The first-order valence-electron chi connectivity index (χ1n) is 7.75. The van der Waals surface area contributed by atoms with Crippen molar-refractivity contribution in [1.82, 2.24) is 4.37 Å². The number of hydrogen-bond acceptors (Lipinski definition) is 7. The van der Waals surface area contributed by atoms with E-state index in [1.165, 1.54) is 11.5 Å². The zero-order valence-corrected chi connectivity index (χ0v) is 16.6. The molecular formula is C19H19NO4S2. The molecular weight excluding hydrogens is 370 g/mol. The first-order chi connectivity index (χ1) is 12.6. The van der Waals surface area contributed by atoms with Gasteiger partial charge in [0.2, 0.25) is 5.75 Å². The second-order valence-electron chi connectivity index (χ2n) is 5.38. The van der Waals surface area contributed by atoms with E-state index in [1.807, 2.05) is 35.7 Å². The van der Waals surface area contributed by atoms with E-state index in [4.69, 9.17) is 18.9 Å². The summed E-state index contributed by atoms with van der Waals surface area (Å²) >= 11 is 5.88. The maximum absolute atomic E-state index is 5.45. The van der Waals surface area contributed by atoms with Crippen LogP contribution >= 0.6 is 24.2 Å². The Hall–Kier alpha value is -2.38. The van der Waals surface area contributed by atoms with Crippen LogP contribution in [0.3, 0.4) is 0 Å². The molecule has 0 N–H and O–H groups in total. The Bertz CT molecular complexity index is 899. The van der Waals surface area contributed by atoms with Gasteiger partial charge in [-0.2, -0.15) is 4.37 Å². The molecule has 0 fully saturated rings. The summed E-state index contributed by atoms with van der Waals surface area (Å²) in [7, 11) is 6.40. The van der Waals surface area contributed by atoms with Crippen LogP contribution < -0.4 is 18.9 Å².